The predicted octanol–water partition coefficient (Wildman–Crippen LogP) is 5.40. The monoisotopic (exact) mass is 506 g/mol. The molecule has 8 heteroatoms. The fraction of sp³-hybridized carbons (Fsp3) is 0.241. The van der Waals surface area contributed by atoms with E-state index in [0.717, 1.165) is 6.42 Å². The number of rotatable bonds is 12. The summed E-state index contributed by atoms with van der Waals surface area (Å²) in [5.41, 5.74) is 2.19. The lowest BCUT2D eigenvalue weighted by molar-refractivity contribution is -0.117. The van der Waals surface area contributed by atoms with Crippen molar-refractivity contribution in [1.29, 1.82) is 0 Å². The average Bonchev–Trinajstić information content (AvgIpc) is 2.89. The van der Waals surface area contributed by atoms with Crippen LogP contribution in [0.1, 0.15) is 36.8 Å². The molecule has 194 valence electrons. The molecule has 0 saturated heterocycles. The highest BCUT2D eigenvalue weighted by atomic mass is 19.1. The number of hydrogen-bond donors (Lipinski definition) is 3. The summed E-state index contributed by atoms with van der Waals surface area (Å²) < 4.78 is 24.1. The van der Waals surface area contributed by atoms with Crippen LogP contribution < -0.4 is 20.1 Å². The van der Waals surface area contributed by atoms with Crippen LogP contribution in [-0.4, -0.2) is 37.7 Å². The molecule has 0 unspecified atom stereocenters. The molecule has 3 N–H and O–H groups in total. The van der Waals surface area contributed by atoms with Crippen LogP contribution in [0.3, 0.4) is 0 Å². The van der Waals surface area contributed by atoms with Crippen molar-refractivity contribution in [1.82, 2.24) is 5.32 Å². The van der Waals surface area contributed by atoms with E-state index in [1.165, 1.54) is 24.3 Å². The van der Waals surface area contributed by atoms with Crippen molar-refractivity contribution < 1.29 is 28.6 Å². The van der Waals surface area contributed by atoms with Crippen LogP contribution in [0, 0.1) is 5.82 Å². The van der Waals surface area contributed by atoms with Crippen molar-refractivity contribution in [2.45, 2.75) is 25.7 Å². The highest BCUT2D eigenvalue weighted by Gasteiger charge is 2.13. The normalized spacial score (nSPS) is 11.1. The Morgan fingerprint density at radius 2 is 1.62 bits per heavy atom. The standard InChI is InChI=1S/C29H31FN2O5/c1-36-25-15-20(16-26(19-25)37-2)17-27(21-10-12-22(30)13-11-21)29(35)31-14-5-3-4-9-28(34)32-23-7-6-8-24(33)18-23/h6-8,10-13,15-19,33H,3-5,9,14H2,1-2H3,(H,31,35)(H,32,34). The van der Waals surface area contributed by atoms with Crippen LogP contribution in [0.5, 0.6) is 17.2 Å². The summed E-state index contributed by atoms with van der Waals surface area (Å²) in [6.45, 7) is 0.424. The van der Waals surface area contributed by atoms with E-state index in [1.54, 1.807) is 62.8 Å². The van der Waals surface area contributed by atoms with Crippen molar-refractivity contribution in [3.05, 3.63) is 83.7 Å². The Labute approximate surface area is 215 Å². The molecular weight excluding hydrogens is 475 g/mol. The zero-order valence-corrected chi connectivity index (χ0v) is 20.9. The van der Waals surface area contributed by atoms with Crippen LogP contribution in [0.4, 0.5) is 10.1 Å². The second kappa shape index (κ2) is 13.7. The topological polar surface area (TPSA) is 96.9 Å². The van der Waals surface area contributed by atoms with Crippen molar-refractivity contribution in [3.8, 4) is 17.2 Å². The van der Waals surface area contributed by atoms with Crippen LogP contribution in [0.25, 0.3) is 11.6 Å². The third-order valence-electron chi connectivity index (χ3n) is 5.58. The Balaban J connectivity index is 1.57. The molecule has 3 rings (SSSR count). The SMILES string of the molecule is COc1cc(C=C(C(=O)NCCCCCC(=O)Nc2cccc(O)c2)c2ccc(F)cc2)cc(OC)c1. The van der Waals surface area contributed by atoms with Crippen molar-refractivity contribution in [2.75, 3.05) is 26.1 Å². The van der Waals surface area contributed by atoms with Gasteiger partial charge in [-0.05, 0) is 66.4 Å². The fourth-order valence-electron chi connectivity index (χ4n) is 3.68. The second-order valence-corrected chi connectivity index (χ2v) is 8.38. The number of methoxy groups -OCH3 is 2. The lowest BCUT2D eigenvalue weighted by atomic mass is 10.0. The van der Waals surface area contributed by atoms with Gasteiger partial charge in [-0.2, -0.15) is 0 Å². The second-order valence-electron chi connectivity index (χ2n) is 8.38. The molecule has 0 aliphatic carbocycles. The number of phenols is 1. The molecule has 0 aromatic heterocycles. The lowest BCUT2D eigenvalue weighted by Crippen LogP contribution is -2.25. The number of benzene rings is 3. The Kier molecular flexibility index (Phi) is 10.1. The largest absolute Gasteiger partial charge is 0.508 e. The van der Waals surface area contributed by atoms with Crippen molar-refractivity contribution in [3.63, 3.8) is 0 Å². The van der Waals surface area contributed by atoms with Gasteiger partial charge in [0, 0.05) is 36.4 Å². The van der Waals surface area contributed by atoms with E-state index >= 15 is 0 Å². The summed E-state index contributed by atoms with van der Waals surface area (Å²) >= 11 is 0. The molecule has 2 amide bonds. The fourth-order valence-corrected chi connectivity index (χ4v) is 3.68. The molecule has 0 aliphatic heterocycles. The van der Waals surface area contributed by atoms with E-state index in [4.69, 9.17) is 9.47 Å². The molecule has 7 nitrogen and oxygen atoms in total. The summed E-state index contributed by atoms with van der Waals surface area (Å²) in [4.78, 5) is 25.2. The number of anilines is 1. The van der Waals surface area contributed by atoms with Crippen LogP contribution >= 0.6 is 0 Å². The summed E-state index contributed by atoms with van der Waals surface area (Å²) in [7, 11) is 3.10. The van der Waals surface area contributed by atoms with Gasteiger partial charge in [-0.3, -0.25) is 9.59 Å². The number of carbonyl (C=O) groups excluding carboxylic acids is 2. The molecule has 0 heterocycles. The molecule has 0 spiro atoms. The predicted molar refractivity (Wildman–Crippen MR) is 142 cm³/mol. The summed E-state index contributed by atoms with van der Waals surface area (Å²) in [5, 5.41) is 15.1. The molecule has 37 heavy (non-hydrogen) atoms. The highest BCUT2D eigenvalue weighted by molar-refractivity contribution is 6.24. The van der Waals surface area contributed by atoms with Gasteiger partial charge in [0.1, 0.15) is 23.1 Å². The minimum Gasteiger partial charge on any atom is -0.508 e. The number of aromatic hydroxyl groups is 1. The van der Waals surface area contributed by atoms with Gasteiger partial charge in [-0.25, -0.2) is 4.39 Å². The van der Waals surface area contributed by atoms with Gasteiger partial charge in [0.2, 0.25) is 5.91 Å². The number of amides is 2. The van der Waals surface area contributed by atoms with Crippen LogP contribution in [-0.2, 0) is 9.59 Å². The molecular formula is C29H31FN2O5. The smallest absolute Gasteiger partial charge is 0.251 e. The minimum atomic E-state index is -0.389. The number of unbranched alkanes of at least 4 members (excludes halogenated alkanes) is 2. The van der Waals surface area contributed by atoms with Gasteiger partial charge in [0.15, 0.2) is 0 Å². The van der Waals surface area contributed by atoms with Gasteiger partial charge < -0.3 is 25.2 Å². The average molecular weight is 507 g/mol. The Morgan fingerprint density at radius 3 is 2.27 bits per heavy atom. The van der Waals surface area contributed by atoms with Crippen LogP contribution in [0.15, 0.2) is 66.7 Å². The third-order valence-corrected chi connectivity index (χ3v) is 5.58. The van der Waals surface area contributed by atoms with Crippen molar-refractivity contribution >= 4 is 29.2 Å². The van der Waals surface area contributed by atoms with Gasteiger partial charge in [-0.1, -0.05) is 24.6 Å². The molecule has 0 bridgehead atoms. The number of nitrogens with one attached hydrogen (secondary N) is 2. The highest BCUT2D eigenvalue weighted by Crippen LogP contribution is 2.26. The molecule has 0 aliphatic rings. The number of carbonyl (C=O) groups is 2. The number of hydrogen-bond acceptors (Lipinski definition) is 5. The maximum absolute atomic E-state index is 13.5. The lowest BCUT2D eigenvalue weighted by Gasteiger charge is -2.11. The first-order valence-corrected chi connectivity index (χ1v) is 12.0. The molecule has 3 aromatic carbocycles. The van der Waals surface area contributed by atoms with Gasteiger partial charge in [-0.15, -0.1) is 0 Å². The van der Waals surface area contributed by atoms with Crippen molar-refractivity contribution in [2.24, 2.45) is 0 Å². The maximum Gasteiger partial charge on any atom is 0.251 e. The quantitative estimate of drug-likeness (QED) is 0.174. The Hall–Kier alpha value is -4.33. The van der Waals surface area contributed by atoms with E-state index in [2.05, 4.69) is 10.6 Å². The van der Waals surface area contributed by atoms with E-state index in [0.29, 0.717) is 59.7 Å². The molecule has 0 radical (unpaired) electrons. The van der Waals surface area contributed by atoms with E-state index in [9.17, 15) is 19.1 Å². The Morgan fingerprint density at radius 1 is 0.919 bits per heavy atom. The Bertz CT molecular complexity index is 1220. The summed E-state index contributed by atoms with van der Waals surface area (Å²) in [6.07, 6.45) is 4.14. The molecule has 3 aromatic rings. The maximum atomic E-state index is 13.5. The summed E-state index contributed by atoms with van der Waals surface area (Å²) in [5.74, 6) is 0.433. The minimum absolute atomic E-state index is 0.0909. The van der Waals surface area contributed by atoms with Gasteiger partial charge >= 0.3 is 0 Å². The zero-order chi connectivity index (χ0) is 26.6. The van der Waals surface area contributed by atoms with Gasteiger partial charge in [0.25, 0.3) is 5.91 Å². The number of phenolic OH excluding ortho intramolecular Hbond substituents is 1. The van der Waals surface area contributed by atoms with E-state index in [-0.39, 0.29) is 23.4 Å². The summed E-state index contributed by atoms with van der Waals surface area (Å²) in [6, 6.07) is 17.4. The first kappa shape index (κ1) is 27.3. The molecule has 0 atom stereocenters. The molecule has 0 fully saturated rings. The third kappa shape index (κ3) is 8.68. The number of ether oxygens (including phenoxy) is 2. The van der Waals surface area contributed by atoms with E-state index in [1.807, 2.05) is 0 Å². The first-order chi connectivity index (χ1) is 17.9. The zero-order valence-electron chi connectivity index (χ0n) is 20.9. The number of halogens is 1. The first-order valence-electron chi connectivity index (χ1n) is 12.0. The van der Waals surface area contributed by atoms with E-state index < -0.39 is 0 Å². The van der Waals surface area contributed by atoms with Crippen LogP contribution in [0.2, 0.25) is 0 Å². The van der Waals surface area contributed by atoms with Gasteiger partial charge in [0.05, 0.1) is 14.2 Å². The molecule has 0 saturated carbocycles.